The Balaban J connectivity index is 2.15. The lowest BCUT2D eigenvalue weighted by molar-refractivity contribution is -0.138. The number of amides is 1. The van der Waals surface area contributed by atoms with Gasteiger partial charge in [-0.3, -0.25) is 14.4 Å². The summed E-state index contributed by atoms with van der Waals surface area (Å²) in [6.45, 7) is 2.24. The molecule has 1 fully saturated rings. The maximum absolute atomic E-state index is 11.3. The first-order chi connectivity index (χ1) is 8.49. The third kappa shape index (κ3) is 5.29. The Morgan fingerprint density at radius 1 is 1.11 bits per heavy atom. The van der Waals surface area contributed by atoms with Crippen molar-refractivity contribution in [3.8, 4) is 0 Å². The van der Waals surface area contributed by atoms with Gasteiger partial charge in [-0.05, 0) is 38.5 Å². The molecule has 1 aliphatic rings. The van der Waals surface area contributed by atoms with Gasteiger partial charge in [-0.15, -0.1) is 0 Å². The number of carbonyl (C=O) groups is 3. The van der Waals surface area contributed by atoms with Gasteiger partial charge < -0.3 is 10.4 Å². The second kappa shape index (κ2) is 7.13. The van der Waals surface area contributed by atoms with Crippen molar-refractivity contribution in [3.63, 3.8) is 0 Å². The van der Waals surface area contributed by atoms with Crippen LogP contribution in [0.2, 0.25) is 0 Å². The van der Waals surface area contributed by atoms with E-state index in [9.17, 15) is 14.4 Å². The maximum Gasteiger partial charge on any atom is 0.303 e. The third-order valence-electron chi connectivity index (χ3n) is 3.58. The first kappa shape index (κ1) is 14.7. The fraction of sp³-hybridized carbons (Fsp3) is 0.769. The van der Waals surface area contributed by atoms with Gasteiger partial charge in [0.2, 0.25) is 5.91 Å². The minimum atomic E-state index is -0.952. The molecule has 0 aromatic carbocycles. The van der Waals surface area contributed by atoms with Crippen LogP contribution >= 0.6 is 0 Å². The number of carboxylic acids is 1. The number of carbonyl (C=O) groups excluding carboxylic acids is 2. The largest absolute Gasteiger partial charge is 0.481 e. The summed E-state index contributed by atoms with van der Waals surface area (Å²) in [4.78, 5) is 32.8. The fourth-order valence-corrected chi connectivity index (χ4v) is 2.34. The van der Waals surface area contributed by atoms with E-state index >= 15 is 0 Å². The number of hydrogen-bond donors (Lipinski definition) is 2. The lowest BCUT2D eigenvalue weighted by atomic mass is 9.80. The van der Waals surface area contributed by atoms with Crippen LogP contribution in [-0.4, -0.2) is 29.3 Å². The zero-order chi connectivity index (χ0) is 13.5. The number of rotatable bonds is 6. The molecule has 102 valence electrons. The summed E-state index contributed by atoms with van der Waals surface area (Å²) in [6, 6.07) is 0. The highest BCUT2D eigenvalue weighted by atomic mass is 16.4. The van der Waals surface area contributed by atoms with E-state index in [2.05, 4.69) is 5.32 Å². The Morgan fingerprint density at radius 2 is 1.72 bits per heavy atom. The van der Waals surface area contributed by atoms with Gasteiger partial charge in [0.25, 0.3) is 0 Å². The van der Waals surface area contributed by atoms with E-state index in [0.717, 1.165) is 25.7 Å². The minimum absolute atomic E-state index is 0.0398. The Bertz CT molecular complexity index is 319. The second-order valence-corrected chi connectivity index (χ2v) is 5.03. The van der Waals surface area contributed by atoms with Crippen molar-refractivity contribution in [2.24, 2.45) is 11.8 Å². The van der Waals surface area contributed by atoms with Gasteiger partial charge in [-0.1, -0.05) is 0 Å². The Labute approximate surface area is 107 Å². The van der Waals surface area contributed by atoms with Crippen LogP contribution in [0.5, 0.6) is 0 Å². The summed E-state index contributed by atoms with van der Waals surface area (Å²) < 4.78 is 0. The molecule has 5 nitrogen and oxygen atoms in total. The van der Waals surface area contributed by atoms with Crippen molar-refractivity contribution in [2.45, 2.75) is 45.4 Å². The lowest BCUT2D eigenvalue weighted by Crippen LogP contribution is -2.32. The molecule has 1 amide bonds. The number of aliphatic carboxylic acids is 1. The van der Waals surface area contributed by atoms with Gasteiger partial charge in [0, 0.05) is 18.9 Å². The minimum Gasteiger partial charge on any atom is -0.481 e. The molecule has 0 aromatic rings. The normalized spacial score (nSPS) is 23.4. The highest BCUT2D eigenvalue weighted by molar-refractivity contribution is 5.80. The molecule has 1 aliphatic carbocycles. The molecule has 18 heavy (non-hydrogen) atoms. The molecule has 1 saturated carbocycles. The fourth-order valence-electron chi connectivity index (χ4n) is 2.34. The number of ketones is 1. The Hall–Kier alpha value is -1.39. The monoisotopic (exact) mass is 255 g/mol. The van der Waals surface area contributed by atoms with Gasteiger partial charge in [0.1, 0.15) is 5.78 Å². The average Bonchev–Trinajstić information content (AvgIpc) is 2.34. The highest BCUT2D eigenvalue weighted by Gasteiger charge is 2.24. The quantitative estimate of drug-likeness (QED) is 0.750. The van der Waals surface area contributed by atoms with Crippen molar-refractivity contribution in [1.82, 2.24) is 5.32 Å². The number of nitrogens with one attached hydrogen (secondary N) is 1. The van der Waals surface area contributed by atoms with E-state index in [1.165, 1.54) is 0 Å². The van der Waals surface area contributed by atoms with Gasteiger partial charge in [-0.25, -0.2) is 0 Å². The second-order valence-electron chi connectivity index (χ2n) is 5.03. The molecule has 0 bridgehead atoms. The molecule has 0 spiro atoms. The molecular formula is C13H21NO4. The maximum atomic E-state index is 11.3. The predicted octanol–water partition coefficient (Wildman–Crippen LogP) is 1.36. The van der Waals surface area contributed by atoms with Crippen LogP contribution in [0, 0.1) is 11.8 Å². The first-order valence-electron chi connectivity index (χ1n) is 6.48. The Morgan fingerprint density at radius 3 is 2.22 bits per heavy atom. The SMILES string of the molecule is CC(=O)C1CCC(CNC(=O)CCC(=O)O)CC1. The predicted molar refractivity (Wildman–Crippen MR) is 66.0 cm³/mol. The van der Waals surface area contributed by atoms with Crippen molar-refractivity contribution < 1.29 is 19.5 Å². The molecule has 0 aromatic heterocycles. The van der Waals surface area contributed by atoms with Gasteiger partial charge in [-0.2, -0.15) is 0 Å². The zero-order valence-electron chi connectivity index (χ0n) is 10.8. The van der Waals surface area contributed by atoms with Gasteiger partial charge in [0.15, 0.2) is 0 Å². The molecule has 0 aliphatic heterocycles. The summed E-state index contributed by atoms with van der Waals surface area (Å²) >= 11 is 0. The van der Waals surface area contributed by atoms with Crippen LogP contribution in [0.3, 0.4) is 0 Å². The molecular weight excluding hydrogens is 234 g/mol. The molecule has 0 atom stereocenters. The molecule has 0 heterocycles. The van der Waals surface area contributed by atoms with Gasteiger partial charge in [0.05, 0.1) is 6.42 Å². The Kier molecular flexibility index (Phi) is 5.82. The van der Waals surface area contributed by atoms with Crippen molar-refractivity contribution in [3.05, 3.63) is 0 Å². The molecule has 2 N–H and O–H groups in total. The van der Waals surface area contributed by atoms with E-state index in [0.29, 0.717) is 12.5 Å². The first-order valence-corrected chi connectivity index (χ1v) is 6.48. The van der Waals surface area contributed by atoms with E-state index < -0.39 is 5.97 Å². The van der Waals surface area contributed by atoms with Crippen molar-refractivity contribution in [1.29, 1.82) is 0 Å². The topological polar surface area (TPSA) is 83.5 Å². The summed E-state index contributed by atoms with van der Waals surface area (Å²) in [6.07, 6.45) is 3.66. The third-order valence-corrected chi connectivity index (χ3v) is 3.58. The number of Topliss-reactive ketones (excluding diaryl/α,β-unsaturated/α-hetero) is 1. The summed E-state index contributed by atoms with van der Waals surface area (Å²) in [5, 5.41) is 11.2. The summed E-state index contributed by atoms with van der Waals surface area (Å²) in [7, 11) is 0. The molecule has 0 unspecified atom stereocenters. The van der Waals surface area contributed by atoms with Crippen LogP contribution < -0.4 is 5.32 Å². The molecule has 5 heteroatoms. The molecule has 0 radical (unpaired) electrons. The van der Waals surface area contributed by atoms with Crippen LogP contribution in [-0.2, 0) is 14.4 Å². The van der Waals surface area contributed by atoms with E-state index in [4.69, 9.17) is 5.11 Å². The van der Waals surface area contributed by atoms with Crippen molar-refractivity contribution in [2.75, 3.05) is 6.54 Å². The smallest absolute Gasteiger partial charge is 0.303 e. The van der Waals surface area contributed by atoms with Crippen LogP contribution in [0.15, 0.2) is 0 Å². The lowest BCUT2D eigenvalue weighted by Gasteiger charge is -2.27. The van der Waals surface area contributed by atoms with E-state index in [-0.39, 0.29) is 30.4 Å². The van der Waals surface area contributed by atoms with E-state index in [1.807, 2.05) is 0 Å². The zero-order valence-corrected chi connectivity index (χ0v) is 10.8. The number of hydrogen-bond acceptors (Lipinski definition) is 3. The molecule has 1 rings (SSSR count). The highest BCUT2D eigenvalue weighted by Crippen LogP contribution is 2.28. The molecule has 0 saturated heterocycles. The van der Waals surface area contributed by atoms with Crippen LogP contribution in [0.4, 0.5) is 0 Å². The average molecular weight is 255 g/mol. The van der Waals surface area contributed by atoms with Gasteiger partial charge >= 0.3 is 5.97 Å². The number of carboxylic acid groups (broad SMARTS) is 1. The van der Waals surface area contributed by atoms with Crippen LogP contribution in [0.25, 0.3) is 0 Å². The standard InChI is InChI=1S/C13H21NO4/c1-9(15)11-4-2-10(3-5-11)8-14-12(16)6-7-13(17)18/h10-11H,2-8H2,1H3,(H,14,16)(H,17,18). The summed E-state index contributed by atoms with van der Waals surface area (Å²) in [5.41, 5.74) is 0. The van der Waals surface area contributed by atoms with E-state index in [1.54, 1.807) is 6.92 Å². The summed E-state index contributed by atoms with van der Waals surface area (Å²) in [5.74, 6) is -0.268. The van der Waals surface area contributed by atoms with Crippen molar-refractivity contribution >= 4 is 17.7 Å². The van der Waals surface area contributed by atoms with Crippen LogP contribution in [0.1, 0.15) is 45.4 Å².